The van der Waals surface area contributed by atoms with Crippen molar-refractivity contribution in [2.75, 3.05) is 26.8 Å². The number of nitrogens with zero attached hydrogens (tertiary/aromatic N) is 3. The van der Waals surface area contributed by atoms with Gasteiger partial charge in [-0.2, -0.15) is 5.10 Å². The quantitative estimate of drug-likeness (QED) is 0.831. The third-order valence-electron chi connectivity index (χ3n) is 5.06. The number of halogens is 1. The van der Waals surface area contributed by atoms with E-state index in [2.05, 4.69) is 10.4 Å². The van der Waals surface area contributed by atoms with Crippen LogP contribution in [0, 0.1) is 12.8 Å². The van der Waals surface area contributed by atoms with Gasteiger partial charge in [0.1, 0.15) is 6.17 Å². The molecule has 3 heterocycles. The Bertz CT molecular complexity index is 837. The van der Waals surface area contributed by atoms with Gasteiger partial charge in [-0.05, 0) is 25.5 Å². The highest BCUT2D eigenvalue weighted by Crippen LogP contribution is 2.20. The van der Waals surface area contributed by atoms with Crippen molar-refractivity contribution in [1.29, 1.82) is 0 Å². The van der Waals surface area contributed by atoms with E-state index >= 15 is 0 Å². The molecule has 1 aliphatic heterocycles. The lowest BCUT2D eigenvalue weighted by atomic mass is 10.1. The number of aromatic nitrogens is 2. The molecule has 2 aromatic heterocycles. The molecule has 3 atom stereocenters. The number of nitrogens with one attached hydrogen (secondary N) is 1. The van der Waals surface area contributed by atoms with E-state index in [0.717, 1.165) is 5.69 Å². The molecule has 2 amide bonds. The van der Waals surface area contributed by atoms with Crippen molar-refractivity contribution in [2.24, 2.45) is 5.92 Å². The largest absolute Gasteiger partial charge is 0.384 e. The Labute approximate surface area is 157 Å². The number of rotatable bonds is 6. The minimum Gasteiger partial charge on any atom is -0.384 e. The molecule has 0 saturated carbocycles. The average molecular weight is 376 g/mol. The second kappa shape index (κ2) is 8.04. The number of amides is 2. The fourth-order valence-corrected chi connectivity index (χ4v) is 3.43. The lowest BCUT2D eigenvalue weighted by Crippen LogP contribution is -2.45. The lowest BCUT2D eigenvalue weighted by molar-refractivity contribution is -0.127. The molecule has 1 fully saturated rings. The average Bonchev–Trinajstić information content (AvgIpc) is 3.24. The van der Waals surface area contributed by atoms with Crippen molar-refractivity contribution >= 4 is 17.3 Å². The molecule has 7 nitrogen and oxygen atoms in total. The Balaban J connectivity index is 1.71. The van der Waals surface area contributed by atoms with E-state index in [1.165, 1.54) is 18.2 Å². The number of methoxy groups -OCH3 is 1. The Morgan fingerprint density at radius 3 is 2.89 bits per heavy atom. The van der Waals surface area contributed by atoms with Crippen LogP contribution < -0.4 is 5.32 Å². The van der Waals surface area contributed by atoms with Crippen molar-refractivity contribution in [3.63, 3.8) is 0 Å². The summed E-state index contributed by atoms with van der Waals surface area (Å²) in [5.74, 6) is -0.846. The monoisotopic (exact) mass is 376 g/mol. The highest BCUT2D eigenvalue weighted by molar-refractivity contribution is 6.00. The van der Waals surface area contributed by atoms with Gasteiger partial charge in [-0.1, -0.05) is 13.0 Å². The molecule has 3 rings (SSSR count). The van der Waals surface area contributed by atoms with Gasteiger partial charge in [0.05, 0.1) is 42.4 Å². The Morgan fingerprint density at radius 1 is 1.41 bits per heavy atom. The summed E-state index contributed by atoms with van der Waals surface area (Å²) in [6, 6.07) is 4.86. The third kappa shape index (κ3) is 3.80. The summed E-state index contributed by atoms with van der Waals surface area (Å²) in [7, 11) is 1.53. The summed E-state index contributed by atoms with van der Waals surface area (Å²) in [6.45, 7) is 4.16. The standard InChI is InChI=1S/C19H25FN4O3/c1-4-13(11-27-3)18(25)22-16-10-23(9-15(16)20)19(26)14-8-21-24-12(2)6-5-7-17(14)24/h5-8,13,15-16H,4,9-11H2,1-3H3,(H,22,25)/t13?,15-,16+/m0/s1. The molecule has 0 spiro atoms. The Kier molecular flexibility index (Phi) is 5.74. The minimum atomic E-state index is -1.30. The summed E-state index contributed by atoms with van der Waals surface area (Å²) >= 11 is 0. The highest BCUT2D eigenvalue weighted by atomic mass is 19.1. The maximum atomic E-state index is 14.5. The number of likely N-dealkylation sites (tertiary alicyclic amines) is 1. The Hall–Kier alpha value is -2.48. The van der Waals surface area contributed by atoms with Crippen LogP contribution >= 0.6 is 0 Å². The molecular formula is C19H25FN4O3. The summed E-state index contributed by atoms with van der Waals surface area (Å²) < 4.78 is 21.2. The fourth-order valence-electron chi connectivity index (χ4n) is 3.43. The van der Waals surface area contributed by atoms with Gasteiger partial charge in [0.15, 0.2) is 0 Å². The highest BCUT2D eigenvalue weighted by Gasteiger charge is 2.38. The number of aryl methyl sites for hydroxylation is 1. The van der Waals surface area contributed by atoms with Crippen LogP contribution in [0.25, 0.3) is 5.52 Å². The van der Waals surface area contributed by atoms with Gasteiger partial charge in [0.2, 0.25) is 5.91 Å². The smallest absolute Gasteiger partial charge is 0.257 e. The first-order chi connectivity index (χ1) is 13.0. The predicted octanol–water partition coefficient (Wildman–Crippen LogP) is 1.59. The van der Waals surface area contributed by atoms with Crippen LogP contribution in [-0.4, -0.2) is 65.3 Å². The first-order valence-electron chi connectivity index (χ1n) is 9.12. The van der Waals surface area contributed by atoms with E-state index in [1.54, 1.807) is 4.52 Å². The number of carbonyl (C=O) groups excluding carboxylic acids is 2. The molecule has 1 saturated heterocycles. The van der Waals surface area contributed by atoms with E-state index in [9.17, 15) is 14.0 Å². The zero-order valence-corrected chi connectivity index (χ0v) is 15.8. The Morgan fingerprint density at radius 2 is 2.19 bits per heavy atom. The molecule has 0 radical (unpaired) electrons. The molecule has 0 aromatic carbocycles. The summed E-state index contributed by atoms with van der Waals surface area (Å²) in [6.07, 6.45) is 0.810. The zero-order valence-electron chi connectivity index (χ0n) is 15.8. The predicted molar refractivity (Wildman–Crippen MR) is 98.3 cm³/mol. The van der Waals surface area contributed by atoms with Crippen molar-refractivity contribution in [1.82, 2.24) is 19.8 Å². The SMILES string of the molecule is CCC(COC)C(=O)N[C@@H]1CN(C(=O)c2cnn3c(C)cccc23)C[C@@H]1F. The van der Waals surface area contributed by atoms with Crippen LogP contribution in [0.4, 0.5) is 4.39 Å². The zero-order chi connectivity index (χ0) is 19.6. The maximum absolute atomic E-state index is 14.5. The summed E-state index contributed by atoms with van der Waals surface area (Å²) in [5.41, 5.74) is 2.03. The summed E-state index contributed by atoms with van der Waals surface area (Å²) in [5, 5.41) is 6.98. The number of ether oxygens (including phenoxy) is 1. The van der Waals surface area contributed by atoms with Gasteiger partial charge >= 0.3 is 0 Å². The van der Waals surface area contributed by atoms with E-state index in [1.807, 2.05) is 32.0 Å². The molecule has 0 bridgehead atoms. The topological polar surface area (TPSA) is 75.9 Å². The van der Waals surface area contributed by atoms with E-state index in [-0.39, 0.29) is 37.4 Å². The van der Waals surface area contributed by atoms with E-state index < -0.39 is 12.2 Å². The second-order valence-electron chi connectivity index (χ2n) is 6.92. The van der Waals surface area contributed by atoms with Crippen LogP contribution in [0.2, 0.25) is 0 Å². The lowest BCUT2D eigenvalue weighted by Gasteiger charge is -2.19. The maximum Gasteiger partial charge on any atom is 0.257 e. The third-order valence-corrected chi connectivity index (χ3v) is 5.06. The molecule has 0 aliphatic carbocycles. The van der Waals surface area contributed by atoms with Gasteiger partial charge < -0.3 is 15.0 Å². The van der Waals surface area contributed by atoms with Crippen LogP contribution in [0.1, 0.15) is 29.4 Å². The molecule has 8 heteroatoms. The fraction of sp³-hybridized carbons (Fsp3) is 0.526. The second-order valence-corrected chi connectivity index (χ2v) is 6.92. The van der Waals surface area contributed by atoms with Gasteiger partial charge in [0, 0.05) is 19.3 Å². The number of hydrogen-bond donors (Lipinski definition) is 1. The molecule has 1 unspecified atom stereocenters. The number of fused-ring (bicyclic) bond motifs is 1. The molecule has 1 aliphatic rings. The van der Waals surface area contributed by atoms with Crippen molar-refractivity contribution in [3.8, 4) is 0 Å². The van der Waals surface area contributed by atoms with E-state index in [4.69, 9.17) is 4.74 Å². The van der Waals surface area contributed by atoms with Gasteiger partial charge in [-0.3, -0.25) is 9.59 Å². The normalized spacial score (nSPS) is 20.8. The molecule has 2 aromatic rings. The number of pyridine rings is 1. The van der Waals surface area contributed by atoms with Crippen molar-refractivity contribution in [2.45, 2.75) is 32.5 Å². The number of alkyl halides is 1. The van der Waals surface area contributed by atoms with Crippen molar-refractivity contribution < 1.29 is 18.7 Å². The van der Waals surface area contributed by atoms with E-state index in [0.29, 0.717) is 17.5 Å². The first kappa shape index (κ1) is 19.3. The van der Waals surface area contributed by atoms with Gasteiger partial charge in [-0.25, -0.2) is 8.91 Å². The minimum absolute atomic E-state index is 0.0476. The first-order valence-corrected chi connectivity index (χ1v) is 9.12. The molecule has 27 heavy (non-hydrogen) atoms. The van der Waals surface area contributed by atoms with Crippen LogP contribution in [0.5, 0.6) is 0 Å². The van der Waals surface area contributed by atoms with Crippen molar-refractivity contribution in [3.05, 3.63) is 35.7 Å². The van der Waals surface area contributed by atoms with Crippen LogP contribution in [-0.2, 0) is 9.53 Å². The molecular weight excluding hydrogens is 351 g/mol. The molecule has 1 N–H and O–H groups in total. The number of carbonyl (C=O) groups is 2. The van der Waals surface area contributed by atoms with Crippen LogP contribution in [0.3, 0.4) is 0 Å². The van der Waals surface area contributed by atoms with Gasteiger partial charge in [-0.15, -0.1) is 0 Å². The van der Waals surface area contributed by atoms with Gasteiger partial charge in [0.25, 0.3) is 5.91 Å². The number of hydrogen-bond acceptors (Lipinski definition) is 4. The summed E-state index contributed by atoms with van der Waals surface area (Å²) in [4.78, 5) is 26.6. The molecule has 146 valence electrons. The van der Waals surface area contributed by atoms with Crippen LogP contribution in [0.15, 0.2) is 24.4 Å².